The van der Waals surface area contributed by atoms with Crippen molar-refractivity contribution in [1.29, 1.82) is 0 Å². The molecule has 1 saturated heterocycles. The van der Waals surface area contributed by atoms with Crippen LogP contribution in [0.3, 0.4) is 0 Å². The Morgan fingerprint density at radius 3 is 1.69 bits per heavy atom. The Kier molecular flexibility index (Phi) is 9.47. The number of hydrogen-bond donors (Lipinski definition) is 1. The highest BCUT2D eigenvalue weighted by molar-refractivity contribution is 7.90. The first kappa shape index (κ1) is 26.0. The van der Waals surface area contributed by atoms with Gasteiger partial charge in [0.2, 0.25) is 5.85 Å². The summed E-state index contributed by atoms with van der Waals surface area (Å²) in [6, 6.07) is 30.0. The van der Waals surface area contributed by atoms with Gasteiger partial charge >= 0.3 is 0 Å². The van der Waals surface area contributed by atoms with Gasteiger partial charge in [0.15, 0.2) is 13.7 Å². The predicted molar refractivity (Wildman–Crippen MR) is 141 cm³/mol. The van der Waals surface area contributed by atoms with Crippen molar-refractivity contribution in [2.24, 2.45) is 0 Å². The van der Waals surface area contributed by atoms with Crippen LogP contribution in [0.15, 0.2) is 91.0 Å². The van der Waals surface area contributed by atoms with E-state index in [4.69, 9.17) is 23.3 Å². The standard InChI is InChI=1S/C27H34BO6P/c1-30-35(28)27(29)26(33-19-23-15-9-4-10-16-23)25(32-18-22-13-7-3-8-14-22)24(34-35)20-31-17-21-11-5-2-6-12-21/h2-16,24-27,29H,17-20H2,1,28H3/t24-,25-,26+,27+,35?/m1/s1. The average Bonchev–Trinajstić information content (AvgIpc) is 2.91. The Morgan fingerprint density at radius 2 is 1.20 bits per heavy atom. The highest BCUT2D eigenvalue weighted by Crippen LogP contribution is 2.64. The van der Waals surface area contributed by atoms with Crippen molar-refractivity contribution in [3.8, 4) is 0 Å². The van der Waals surface area contributed by atoms with Crippen molar-refractivity contribution in [3.63, 3.8) is 0 Å². The largest absolute Gasteiger partial charge is 0.374 e. The first-order valence-corrected chi connectivity index (χ1v) is 12.6. The van der Waals surface area contributed by atoms with Crippen LogP contribution in [0.4, 0.5) is 0 Å². The Morgan fingerprint density at radius 1 is 0.743 bits per heavy atom. The van der Waals surface area contributed by atoms with Gasteiger partial charge in [-0.2, -0.15) is 0 Å². The number of ether oxygens (including phenoxy) is 3. The molecule has 0 aliphatic carbocycles. The predicted octanol–water partition coefficient (Wildman–Crippen LogP) is 3.87. The SMILES string of the molecule is [BH3-][P+]1(OC)O[C@H](COCc2ccccc2)[C@@H](OCc2ccccc2)[C@H](OCc2ccccc2)[C@H]1O. The van der Waals surface area contributed by atoms with Gasteiger partial charge in [-0.3, -0.25) is 4.52 Å². The molecule has 6 nitrogen and oxygen atoms in total. The van der Waals surface area contributed by atoms with Crippen LogP contribution in [0.25, 0.3) is 0 Å². The third kappa shape index (κ3) is 6.99. The quantitative estimate of drug-likeness (QED) is 0.321. The highest BCUT2D eigenvalue weighted by Gasteiger charge is 2.56. The zero-order valence-electron chi connectivity index (χ0n) is 19.2. The molecule has 5 atom stereocenters. The van der Waals surface area contributed by atoms with Crippen molar-refractivity contribution in [3.05, 3.63) is 108 Å². The van der Waals surface area contributed by atoms with Crippen LogP contribution < -0.4 is 0 Å². The average molecular weight is 496 g/mol. The smallest absolute Gasteiger partial charge is 0.204 e. The molecular weight excluding hydrogens is 462 g/mol. The number of aliphatic hydroxyl groups excluding tert-OH is 1. The molecule has 8 heteroatoms. The van der Waals surface area contributed by atoms with Gasteiger partial charge in [-0.15, -0.1) is 0 Å². The van der Waals surface area contributed by atoms with Gasteiger partial charge in [-0.1, -0.05) is 91.0 Å². The fraction of sp³-hybridized carbons (Fsp3) is 0.333. The van der Waals surface area contributed by atoms with Gasteiger partial charge in [0.25, 0.3) is 0 Å². The maximum atomic E-state index is 11.4. The van der Waals surface area contributed by atoms with Crippen LogP contribution in [0.1, 0.15) is 16.7 Å². The Hall–Kier alpha value is -2.09. The van der Waals surface area contributed by atoms with E-state index in [0.717, 1.165) is 16.7 Å². The van der Waals surface area contributed by atoms with E-state index in [0.29, 0.717) is 26.4 Å². The fourth-order valence-corrected chi connectivity index (χ4v) is 5.19. The molecule has 1 unspecified atom stereocenters. The molecular formula is C27H34BO6P. The van der Waals surface area contributed by atoms with Crippen LogP contribution in [0.2, 0.25) is 0 Å². The molecule has 1 fully saturated rings. The molecule has 0 amide bonds. The second-order valence-corrected chi connectivity index (χ2v) is 9.72. The number of rotatable bonds is 11. The van der Waals surface area contributed by atoms with Crippen molar-refractivity contribution in [2.45, 2.75) is 44.0 Å². The van der Waals surface area contributed by atoms with E-state index < -0.39 is 39.3 Å². The van der Waals surface area contributed by atoms with Crippen LogP contribution in [-0.4, -0.2) is 50.5 Å². The first-order valence-electron chi connectivity index (χ1n) is 11.4. The minimum absolute atomic E-state index is 0.323. The van der Waals surface area contributed by atoms with Gasteiger partial charge < -0.3 is 19.3 Å². The summed E-state index contributed by atoms with van der Waals surface area (Å²) in [6.07, 6.45) is -1.49. The molecule has 4 rings (SSSR count). The highest BCUT2D eigenvalue weighted by atomic mass is 31.2. The van der Waals surface area contributed by atoms with E-state index in [1.807, 2.05) is 91.0 Å². The summed E-state index contributed by atoms with van der Waals surface area (Å²) in [4.78, 5) is 0. The fourth-order valence-electron chi connectivity index (χ4n) is 3.82. The molecule has 0 spiro atoms. The molecule has 0 radical (unpaired) electrons. The number of hydrogen-bond acceptors (Lipinski definition) is 6. The summed E-state index contributed by atoms with van der Waals surface area (Å²) in [5, 5.41) is 11.4. The topological polar surface area (TPSA) is 66.4 Å². The van der Waals surface area contributed by atoms with Crippen molar-refractivity contribution in [1.82, 2.24) is 0 Å². The van der Waals surface area contributed by atoms with E-state index >= 15 is 0 Å². The lowest BCUT2D eigenvalue weighted by Crippen LogP contribution is -2.55. The van der Waals surface area contributed by atoms with Gasteiger partial charge in [0.1, 0.15) is 19.8 Å². The van der Waals surface area contributed by atoms with Crippen LogP contribution in [0, 0.1) is 0 Å². The lowest BCUT2D eigenvalue weighted by atomic mass is 10.1. The Balaban J connectivity index is 1.53. The first-order chi connectivity index (χ1) is 17.1. The van der Waals surface area contributed by atoms with Crippen LogP contribution in [-0.2, 0) is 43.1 Å². The molecule has 1 aliphatic heterocycles. The zero-order chi connectivity index (χ0) is 24.5. The van der Waals surface area contributed by atoms with E-state index in [9.17, 15) is 5.11 Å². The Labute approximate surface area is 209 Å². The maximum Gasteiger partial charge on any atom is 0.204 e. The second kappa shape index (κ2) is 12.7. The van der Waals surface area contributed by atoms with E-state index in [1.54, 1.807) is 7.11 Å². The van der Waals surface area contributed by atoms with Gasteiger partial charge in [-0.25, -0.2) is 4.52 Å². The van der Waals surface area contributed by atoms with E-state index in [2.05, 4.69) is 0 Å². The van der Waals surface area contributed by atoms with E-state index in [1.165, 1.54) is 0 Å². The zero-order valence-corrected chi connectivity index (χ0v) is 20.1. The molecule has 186 valence electrons. The number of aliphatic hydroxyl groups is 1. The summed E-state index contributed by atoms with van der Waals surface area (Å²) in [6.45, 7) is 1.55. The monoisotopic (exact) mass is 496 g/mol. The summed E-state index contributed by atoms with van der Waals surface area (Å²) in [5.41, 5.74) is 3.17. The minimum atomic E-state index is -2.39. The normalized spacial score (nSPS) is 26.5. The maximum absolute atomic E-state index is 11.4. The van der Waals surface area contributed by atoms with E-state index in [-0.39, 0.29) is 0 Å². The number of benzene rings is 3. The van der Waals surface area contributed by atoms with Crippen LogP contribution >= 0.6 is 7.59 Å². The summed E-state index contributed by atoms with van der Waals surface area (Å²) in [5.74, 6) is -0.845. The third-order valence-electron chi connectivity index (χ3n) is 5.58. The van der Waals surface area contributed by atoms with Crippen molar-refractivity contribution < 1.29 is 28.4 Å². The molecule has 1 N–H and O–H groups in total. The molecule has 0 aromatic heterocycles. The lowest BCUT2D eigenvalue weighted by molar-refractivity contribution is -0.177. The third-order valence-corrected chi connectivity index (χ3v) is 7.15. The molecule has 0 saturated carbocycles. The van der Waals surface area contributed by atoms with Crippen molar-refractivity contribution >= 4 is 15.2 Å². The van der Waals surface area contributed by atoms with Gasteiger partial charge in [0.05, 0.1) is 33.5 Å². The Bertz CT molecular complexity index is 1010. The molecule has 35 heavy (non-hydrogen) atoms. The van der Waals surface area contributed by atoms with Crippen LogP contribution in [0.5, 0.6) is 0 Å². The van der Waals surface area contributed by atoms with Gasteiger partial charge in [-0.05, 0) is 16.7 Å². The summed E-state index contributed by atoms with van der Waals surface area (Å²) < 4.78 is 31.1. The lowest BCUT2D eigenvalue weighted by Gasteiger charge is -2.46. The van der Waals surface area contributed by atoms with Gasteiger partial charge in [0, 0.05) is 0 Å². The van der Waals surface area contributed by atoms with Crippen molar-refractivity contribution in [2.75, 3.05) is 13.7 Å². The molecule has 1 aliphatic rings. The second-order valence-electron chi connectivity index (χ2n) is 8.05. The molecule has 3 aromatic carbocycles. The molecule has 0 bridgehead atoms. The molecule has 1 heterocycles. The summed E-state index contributed by atoms with van der Waals surface area (Å²) in [7, 11) is -1.24. The minimum Gasteiger partial charge on any atom is -0.374 e. The molecule has 3 aromatic rings. The summed E-state index contributed by atoms with van der Waals surface area (Å²) >= 11 is 0.